The number of hydrogen-bond acceptors (Lipinski definition) is 6. The van der Waals surface area contributed by atoms with E-state index in [1.165, 1.54) is 5.56 Å². The molecular weight excluding hydrogens is 422 g/mol. The number of phenolic OH excluding ortho intramolecular Hbond substituents is 2. The van der Waals surface area contributed by atoms with Gasteiger partial charge in [-0.1, -0.05) is 18.2 Å². The van der Waals surface area contributed by atoms with E-state index in [2.05, 4.69) is 25.0 Å². The molecule has 0 amide bonds. The number of nitrogens with zero attached hydrogens (tertiary/aromatic N) is 1. The monoisotopic (exact) mass is 457 g/mol. The highest BCUT2D eigenvalue weighted by Gasteiger charge is 2.30. The van der Waals surface area contributed by atoms with E-state index in [0.29, 0.717) is 5.75 Å². The number of ether oxygens (including phenoxy) is 1. The number of benzene rings is 2. The lowest BCUT2D eigenvalue weighted by atomic mass is 9.88. The minimum absolute atomic E-state index is 0.0897. The van der Waals surface area contributed by atoms with E-state index in [4.69, 9.17) is 9.84 Å². The largest absolute Gasteiger partial charge is 0.508 e. The first kappa shape index (κ1) is 27.3. The van der Waals surface area contributed by atoms with Crippen molar-refractivity contribution in [1.82, 2.24) is 0 Å². The van der Waals surface area contributed by atoms with Crippen LogP contribution in [0, 0.1) is 25.7 Å². The fourth-order valence-electron chi connectivity index (χ4n) is 3.25. The van der Waals surface area contributed by atoms with Crippen molar-refractivity contribution >= 4 is 18.0 Å². The minimum atomic E-state index is -0.0897. The van der Waals surface area contributed by atoms with Gasteiger partial charge in [-0.05, 0) is 102 Å². The summed E-state index contributed by atoms with van der Waals surface area (Å²) in [5.41, 5.74) is 5.02. The van der Waals surface area contributed by atoms with E-state index in [9.17, 15) is 10.0 Å². The normalized spacial score (nSPS) is 13.9. The zero-order valence-corrected chi connectivity index (χ0v) is 21.0. The molecule has 2 aromatic carbocycles. The van der Waals surface area contributed by atoms with Crippen molar-refractivity contribution < 1.29 is 14.9 Å². The molecule has 2 aromatic rings. The molecule has 0 atom stereocenters. The Morgan fingerprint density at radius 1 is 1.12 bits per heavy atom. The Labute approximate surface area is 196 Å². The van der Waals surface area contributed by atoms with Gasteiger partial charge in [-0.2, -0.15) is 0 Å². The van der Waals surface area contributed by atoms with Gasteiger partial charge in [0.1, 0.15) is 22.8 Å². The SMILES string of the molecule is C/C(=C/c1ccc(O)cc1)SN=O.C=CC.Cc1c(C)c2c(c(C)c1O)CCC(C)(C)O2. The molecule has 32 heavy (non-hydrogen) atoms. The molecular formula is C26H35NO4S. The summed E-state index contributed by atoms with van der Waals surface area (Å²) in [4.78, 5) is 10.7. The van der Waals surface area contributed by atoms with Crippen LogP contribution >= 0.6 is 11.9 Å². The molecule has 0 bridgehead atoms. The molecule has 174 valence electrons. The van der Waals surface area contributed by atoms with Gasteiger partial charge in [0.2, 0.25) is 0 Å². The number of rotatable bonds is 3. The molecule has 0 radical (unpaired) electrons. The minimum Gasteiger partial charge on any atom is -0.508 e. The Morgan fingerprint density at radius 2 is 1.69 bits per heavy atom. The Hall–Kier alpha value is -2.73. The predicted molar refractivity (Wildman–Crippen MR) is 136 cm³/mol. The highest BCUT2D eigenvalue weighted by Crippen LogP contribution is 2.42. The standard InChI is InChI=1S/C14H20O2.C9H9NO2S.C3H6/c1-8-9(2)13-11(10(3)12(8)15)6-7-14(4,5)16-13;1-7(13-10-12)6-8-2-4-9(11)5-3-8;1-3-2/h15H,6-7H2,1-5H3;2-6,11H,1H3;3H,1H2,2H3/b;7-6-;. The van der Waals surface area contributed by atoms with Gasteiger partial charge in [0.15, 0.2) is 0 Å². The second kappa shape index (κ2) is 12.3. The zero-order valence-electron chi connectivity index (χ0n) is 20.2. The number of fused-ring (bicyclic) bond motifs is 1. The Kier molecular flexibility index (Phi) is 10.5. The van der Waals surface area contributed by atoms with Crippen LogP contribution in [0.2, 0.25) is 0 Å². The molecule has 0 spiro atoms. The van der Waals surface area contributed by atoms with E-state index in [-0.39, 0.29) is 11.4 Å². The highest BCUT2D eigenvalue weighted by atomic mass is 32.2. The Morgan fingerprint density at radius 3 is 2.22 bits per heavy atom. The lowest BCUT2D eigenvalue weighted by Gasteiger charge is -2.35. The van der Waals surface area contributed by atoms with Crippen molar-refractivity contribution in [3.63, 3.8) is 0 Å². The molecule has 0 aliphatic carbocycles. The molecule has 1 heterocycles. The van der Waals surface area contributed by atoms with Crippen molar-refractivity contribution in [1.29, 1.82) is 0 Å². The highest BCUT2D eigenvalue weighted by molar-refractivity contribution is 8.01. The van der Waals surface area contributed by atoms with Gasteiger partial charge in [-0.25, -0.2) is 0 Å². The van der Waals surface area contributed by atoms with E-state index < -0.39 is 0 Å². The Balaban J connectivity index is 0.000000291. The van der Waals surface area contributed by atoms with Crippen LogP contribution in [0.15, 0.2) is 46.4 Å². The molecule has 0 saturated carbocycles. The lowest BCUT2D eigenvalue weighted by Crippen LogP contribution is -2.33. The maximum absolute atomic E-state index is 10.0. The third kappa shape index (κ3) is 7.75. The summed E-state index contributed by atoms with van der Waals surface area (Å²) < 4.78 is 8.75. The smallest absolute Gasteiger partial charge is 0.127 e. The Bertz CT molecular complexity index is 963. The van der Waals surface area contributed by atoms with Crippen LogP contribution < -0.4 is 4.74 Å². The van der Waals surface area contributed by atoms with Crippen molar-refractivity contribution in [2.75, 3.05) is 0 Å². The predicted octanol–water partition coefficient (Wildman–Crippen LogP) is 7.78. The van der Waals surface area contributed by atoms with Gasteiger partial charge >= 0.3 is 0 Å². The van der Waals surface area contributed by atoms with E-state index >= 15 is 0 Å². The van der Waals surface area contributed by atoms with Crippen LogP contribution in [0.1, 0.15) is 61.9 Å². The topological polar surface area (TPSA) is 79.1 Å². The third-order valence-electron chi connectivity index (χ3n) is 5.14. The average Bonchev–Trinajstić information content (AvgIpc) is 2.73. The molecule has 0 unspecified atom stereocenters. The summed E-state index contributed by atoms with van der Waals surface area (Å²) in [6.45, 7) is 17.2. The van der Waals surface area contributed by atoms with Crippen LogP contribution in [0.25, 0.3) is 6.08 Å². The second-order valence-electron chi connectivity index (χ2n) is 8.31. The lowest BCUT2D eigenvalue weighted by molar-refractivity contribution is 0.0831. The van der Waals surface area contributed by atoms with Gasteiger partial charge in [0, 0.05) is 15.1 Å². The van der Waals surface area contributed by atoms with Crippen molar-refractivity contribution in [2.24, 2.45) is 4.58 Å². The number of aromatic hydroxyl groups is 2. The quantitative estimate of drug-likeness (QED) is 0.279. The van der Waals surface area contributed by atoms with E-state index in [1.54, 1.807) is 37.3 Å². The summed E-state index contributed by atoms with van der Waals surface area (Å²) in [5.74, 6) is 1.65. The fraction of sp³-hybridized carbons (Fsp3) is 0.385. The summed E-state index contributed by atoms with van der Waals surface area (Å²) in [6.07, 6.45) is 5.57. The van der Waals surface area contributed by atoms with Crippen molar-refractivity contribution in [2.45, 2.75) is 66.9 Å². The molecule has 3 rings (SSSR count). The number of phenols is 2. The molecule has 1 aliphatic rings. The van der Waals surface area contributed by atoms with Crippen molar-refractivity contribution in [3.05, 3.63) is 74.5 Å². The molecule has 0 aromatic heterocycles. The summed E-state index contributed by atoms with van der Waals surface area (Å²) in [6, 6.07) is 6.73. The first-order valence-electron chi connectivity index (χ1n) is 10.5. The van der Waals surface area contributed by atoms with Crippen LogP contribution in [0.3, 0.4) is 0 Å². The second-order valence-corrected chi connectivity index (χ2v) is 9.29. The van der Waals surface area contributed by atoms with Gasteiger partial charge < -0.3 is 14.9 Å². The summed E-state index contributed by atoms with van der Waals surface area (Å²) in [7, 11) is 0. The third-order valence-corrected chi connectivity index (χ3v) is 5.62. The average molecular weight is 458 g/mol. The maximum atomic E-state index is 10.0. The fourth-order valence-corrected chi connectivity index (χ4v) is 3.56. The van der Waals surface area contributed by atoms with Crippen LogP contribution in [0.4, 0.5) is 0 Å². The maximum Gasteiger partial charge on any atom is 0.127 e. The number of allylic oxidation sites excluding steroid dienone is 2. The first-order valence-corrected chi connectivity index (χ1v) is 11.3. The molecule has 2 N–H and O–H groups in total. The molecule has 1 aliphatic heterocycles. The molecule has 0 fully saturated rings. The number of nitroso groups, excluding NO2 is 1. The van der Waals surface area contributed by atoms with Crippen LogP contribution in [-0.2, 0) is 6.42 Å². The van der Waals surface area contributed by atoms with Crippen LogP contribution in [0.5, 0.6) is 17.2 Å². The first-order chi connectivity index (χ1) is 15.0. The van der Waals surface area contributed by atoms with Gasteiger partial charge in [-0.15, -0.1) is 11.5 Å². The number of hydrogen-bond donors (Lipinski definition) is 2. The van der Waals surface area contributed by atoms with Gasteiger partial charge in [-0.3, -0.25) is 0 Å². The molecule has 6 heteroatoms. The van der Waals surface area contributed by atoms with Crippen LogP contribution in [-0.4, -0.2) is 15.8 Å². The summed E-state index contributed by atoms with van der Waals surface area (Å²) in [5, 5.41) is 19.0. The zero-order chi connectivity index (χ0) is 24.5. The van der Waals surface area contributed by atoms with Gasteiger partial charge in [0.25, 0.3) is 0 Å². The molecule has 5 nitrogen and oxygen atoms in total. The van der Waals surface area contributed by atoms with E-state index in [1.807, 2.05) is 33.8 Å². The van der Waals surface area contributed by atoms with Gasteiger partial charge in [0.05, 0.1) is 11.9 Å². The van der Waals surface area contributed by atoms with Crippen molar-refractivity contribution in [3.8, 4) is 17.2 Å². The molecule has 0 saturated heterocycles. The van der Waals surface area contributed by atoms with E-state index in [0.717, 1.165) is 57.7 Å². The summed E-state index contributed by atoms with van der Waals surface area (Å²) >= 11 is 0.898.